The molecule has 146 valence electrons. The highest BCUT2D eigenvalue weighted by Crippen LogP contribution is 2.19. The van der Waals surface area contributed by atoms with E-state index in [4.69, 9.17) is 0 Å². The Kier molecular flexibility index (Phi) is 4.95. The standard InChI is InChI=1S/C22H20FN5O/c1-15-21(16(2)28(25-15)18-9-4-3-5-10-18)22(29)24-20-12-13-27(26-20)14-17-8-6-7-11-19(17)23/h3-13H,14H2,1-2H3,(H,24,26,29). The Labute approximate surface area is 167 Å². The summed E-state index contributed by atoms with van der Waals surface area (Å²) in [7, 11) is 0. The monoisotopic (exact) mass is 389 g/mol. The van der Waals surface area contributed by atoms with Gasteiger partial charge in [0.2, 0.25) is 0 Å². The first-order chi connectivity index (χ1) is 14.0. The first-order valence-electron chi connectivity index (χ1n) is 9.23. The van der Waals surface area contributed by atoms with E-state index in [0.29, 0.717) is 22.6 Å². The second kappa shape index (κ2) is 7.71. The van der Waals surface area contributed by atoms with Crippen LogP contribution in [0.5, 0.6) is 0 Å². The first kappa shape index (κ1) is 18.6. The molecule has 0 saturated heterocycles. The third-order valence-electron chi connectivity index (χ3n) is 4.69. The molecule has 0 aliphatic carbocycles. The number of hydrogen-bond donors (Lipinski definition) is 1. The zero-order valence-corrected chi connectivity index (χ0v) is 16.1. The normalized spacial score (nSPS) is 10.9. The fourth-order valence-corrected chi connectivity index (χ4v) is 3.29. The van der Waals surface area contributed by atoms with Gasteiger partial charge in [0.1, 0.15) is 5.82 Å². The molecular formula is C22H20FN5O. The number of nitrogens with zero attached hydrogens (tertiary/aromatic N) is 4. The van der Waals surface area contributed by atoms with Crippen LogP contribution in [-0.4, -0.2) is 25.5 Å². The minimum atomic E-state index is -0.284. The van der Waals surface area contributed by atoms with E-state index in [1.54, 1.807) is 46.7 Å². The van der Waals surface area contributed by atoms with E-state index in [1.165, 1.54) is 6.07 Å². The third kappa shape index (κ3) is 3.80. The van der Waals surface area contributed by atoms with Crippen LogP contribution in [0.4, 0.5) is 10.2 Å². The third-order valence-corrected chi connectivity index (χ3v) is 4.69. The molecule has 0 spiro atoms. The van der Waals surface area contributed by atoms with Gasteiger partial charge in [0, 0.05) is 17.8 Å². The lowest BCUT2D eigenvalue weighted by Crippen LogP contribution is -2.15. The number of carbonyl (C=O) groups is 1. The number of aromatic nitrogens is 4. The Morgan fingerprint density at radius 2 is 1.72 bits per heavy atom. The fourth-order valence-electron chi connectivity index (χ4n) is 3.29. The van der Waals surface area contributed by atoms with Gasteiger partial charge in [0.25, 0.3) is 5.91 Å². The molecule has 2 heterocycles. The van der Waals surface area contributed by atoms with E-state index in [9.17, 15) is 9.18 Å². The van der Waals surface area contributed by atoms with Gasteiger partial charge < -0.3 is 5.32 Å². The van der Waals surface area contributed by atoms with Crippen LogP contribution in [0.1, 0.15) is 27.3 Å². The van der Waals surface area contributed by atoms with Crippen molar-refractivity contribution < 1.29 is 9.18 Å². The van der Waals surface area contributed by atoms with Crippen LogP contribution in [0.2, 0.25) is 0 Å². The summed E-state index contributed by atoms with van der Waals surface area (Å²) in [5, 5.41) is 11.6. The van der Waals surface area contributed by atoms with Gasteiger partial charge in [0.05, 0.1) is 29.2 Å². The maximum Gasteiger partial charge on any atom is 0.260 e. The Morgan fingerprint density at radius 1 is 1.00 bits per heavy atom. The second-order valence-corrected chi connectivity index (χ2v) is 6.74. The highest BCUT2D eigenvalue weighted by Gasteiger charge is 2.20. The van der Waals surface area contributed by atoms with E-state index in [-0.39, 0.29) is 18.3 Å². The maximum atomic E-state index is 13.8. The second-order valence-electron chi connectivity index (χ2n) is 6.74. The number of halogens is 1. The predicted molar refractivity (Wildman–Crippen MR) is 109 cm³/mol. The van der Waals surface area contributed by atoms with Gasteiger partial charge in [0.15, 0.2) is 5.82 Å². The summed E-state index contributed by atoms with van der Waals surface area (Å²) in [5.74, 6) is -0.163. The summed E-state index contributed by atoms with van der Waals surface area (Å²) >= 11 is 0. The molecule has 0 bridgehead atoms. The zero-order chi connectivity index (χ0) is 20.4. The molecule has 2 aromatic carbocycles. The van der Waals surface area contributed by atoms with Crippen LogP contribution < -0.4 is 5.32 Å². The number of rotatable bonds is 5. The lowest BCUT2D eigenvalue weighted by atomic mass is 10.2. The van der Waals surface area contributed by atoms with Crippen molar-refractivity contribution >= 4 is 11.7 Å². The molecule has 4 rings (SSSR count). The van der Waals surface area contributed by atoms with Crippen molar-refractivity contribution in [2.45, 2.75) is 20.4 Å². The molecule has 0 atom stereocenters. The van der Waals surface area contributed by atoms with Crippen LogP contribution >= 0.6 is 0 Å². The molecule has 0 unspecified atom stereocenters. The van der Waals surface area contributed by atoms with E-state index in [1.807, 2.05) is 37.3 Å². The summed E-state index contributed by atoms with van der Waals surface area (Å²) in [5.41, 5.74) is 3.31. The number of aryl methyl sites for hydroxylation is 1. The van der Waals surface area contributed by atoms with Gasteiger partial charge in [-0.1, -0.05) is 36.4 Å². The lowest BCUT2D eigenvalue weighted by molar-refractivity contribution is 0.102. The van der Waals surface area contributed by atoms with Crippen molar-refractivity contribution in [1.82, 2.24) is 19.6 Å². The van der Waals surface area contributed by atoms with Crippen LogP contribution in [-0.2, 0) is 6.54 Å². The molecule has 0 aliphatic rings. The first-order valence-corrected chi connectivity index (χ1v) is 9.23. The molecule has 0 fully saturated rings. The van der Waals surface area contributed by atoms with Crippen molar-refractivity contribution in [3.63, 3.8) is 0 Å². The average molecular weight is 389 g/mol. The number of benzene rings is 2. The van der Waals surface area contributed by atoms with Crippen LogP contribution in [0.3, 0.4) is 0 Å². The topological polar surface area (TPSA) is 64.7 Å². The minimum absolute atomic E-state index is 0.279. The van der Waals surface area contributed by atoms with Gasteiger partial charge >= 0.3 is 0 Å². The number of carbonyl (C=O) groups excluding carboxylic acids is 1. The van der Waals surface area contributed by atoms with E-state index >= 15 is 0 Å². The number of nitrogens with one attached hydrogen (secondary N) is 1. The van der Waals surface area contributed by atoms with Gasteiger partial charge in [-0.05, 0) is 32.0 Å². The smallest absolute Gasteiger partial charge is 0.260 e. The van der Waals surface area contributed by atoms with Crippen LogP contribution in [0, 0.1) is 19.7 Å². The minimum Gasteiger partial charge on any atom is -0.305 e. The van der Waals surface area contributed by atoms with Crippen molar-refractivity contribution in [3.8, 4) is 5.69 Å². The van der Waals surface area contributed by atoms with E-state index < -0.39 is 0 Å². The quantitative estimate of drug-likeness (QED) is 0.558. The van der Waals surface area contributed by atoms with Crippen molar-refractivity contribution in [2.24, 2.45) is 0 Å². The summed E-state index contributed by atoms with van der Waals surface area (Å²) in [6.07, 6.45) is 1.70. The summed E-state index contributed by atoms with van der Waals surface area (Å²) in [6, 6.07) is 17.9. The van der Waals surface area contributed by atoms with Gasteiger partial charge in [-0.15, -0.1) is 0 Å². The van der Waals surface area contributed by atoms with Crippen molar-refractivity contribution in [1.29, 1.82) is 0 Å². The van der Waals surface area contributed by atoms with Gasteiger partial charge in [-0.25, -0.2) is 9.07 Å². The molecule has 1 N–H and O–H groups in total. The molecule has 7 heteroatoms. The highest BCUT2D eigenvalue weighted by molar-refractivity contribution is 6.05. The number of para-hydroxylation sites is 1. The SMILES string of the molecule is Cc1nn(-c2ccccc2)c(C)c1C(=O)Nc1ccn(Cc2ccccc2F)n1. The predicted octanol–water partition coefficient (Wildman–Crippen LogP) is 4.13. The lowest BCUT2D eigenvalue weighted by Gasteiger charge is -2.06. The number of hydrogen-bond acceptors (Lipinski definition) is 3. The Bertz CT molecular complexity index is 1160. The van der Waals surface area contributed by atoms with Crippen LogP contribution in [0.25, 0.3) is 5.69 Å². The molecule has 4 aromatic rings. The van der Waals surface area contributed by atoms with Crippen LogP contribution in [0.15, 0.2) is 66.9 Å². The molecular weight excluding hydrogens is 369 g/mol. The van der Waals surface area contributed by atoms with Gasteiger partial charge in [-0.2, -0.15) is 10.2 Å². The summed E-state index contributed by atoms with van der Waals surface area (Å²) < 4.78 is 17.2. The van der Waals surface area contributed by atoms with E-state index in [0.717, 1.165) is 11.4 Å². The fraction of sp³-hybridized carbons (Fsp3) is 0.136. The Balaban J connectivity index is 1.53. The molecule has 0 radical (unpaired) electrons. The molecule has 6 nitrogen and oxygen atoms in total. The number of anilines is 1. The molecule has 29 heavy (non-hydrogen) atoms. The number of amides is 1. The Morgan fingerprint density at radius 3 is 2.48 bits per heavy atom. The average Bonchev–Trinajstić information content (AvgIpc) is 3.27. The summed E-state index contributed by atoms with van der Waals surface area (Å²) in [4.78, 5) is 12.8. The molecule has 0 saturated carbocycles. The molecule has 1 amide bonds. The van der Waals surface area contributed by atoms with Gasteiger partial charge in [-0.3, -0.25) is 9.48 Å². The molecule has 2 aromatic heterocycles. The summed E-state index contributed by atoms with van der Waals surface area (Å²) in [6.45, 7) is 3.95. The zero-order valence-electron chi connectivity index (χ0n) is 16.1. The largest absolute Gasteiger partial charge is 0.305 e. The van der Waals surface area contributed by atoms with Crippen molar-refractivity contribution in [2.75, 3.05) is 5.32 Å². The van der Waals surface area contributed by atoms with Crippen molar-refractivity contribution in [3.05, 3.63) is 95.2 Å². The molecule has 0 aliphatic heterocycles. The maximum absolute atomic E-state index is 13.8. The highest BCUT2D eigenvalue weighted by atomic mass is 19.1. The van der Waals surface area contributed by atoms with E-state index in [2.05, 4.69) is 15.5 Å². The Hall–Kier alpha value is -3.74.